The van der Waals surface area contributed by atoms with Gasteiger partial charge < -0.3 is 10.6 Å². The van der Waals surface area contributed by atoms with Crippen LogP contribution in [0, 0.1) is 5.92 Å². The molecule has 0 bridgehead atoms. The van der Waals surface area contributed by atoms with Crippen LogP contribution in [0.4, 0.5) is 17.1 Å². The second-order valence-electron chi connectivity index (χ2n) is 8.21. The molecule has 1 fully saturated rings. The average molecular weight is 463 g/mol. The van der Waals surface area contributed by atoms with Crippen molar-refractivity contribution in [1.82, 2.24) is 9.29 Å². The van der Waals surface area contributed by atoms with Crippen LogP contribution >= 0.6 is 0 Å². The molecule has 3 rings (SSSR count). The average Bonchev–Trinajstić information content (AvgIpc) is 2.80. The van der Waals surface area contributed by atoms with E-state index in [2.05, 4.69) is 15.6 Å². The second kappa shape index (κ2) is 10.8. The number of rotatable bonds is 12. The van der Waals surface area contributed by atoms with Crippen LogP contribution < -0.4 is 21.5 Å². The molecular formula is C22H30N4O5S. The largest absolute Gasteiger partial charge is 0.380 e. The summed E-state index contributed by atoms with van der Waals surface area (Å²) in [6, 6.07) is 3.42. The van der Waals surface area contributed by atoms with Gasteiger partial charge in [0.25, 0.3) is 10.9 Å². The maximum absolute atomic E-state index is 12.5. The van der Waals surface area contributed by atoms with Crippen LogP contribution in [0.5, 0.6) is 0 Å². The van der Waals surface area contributed by atoms with Gasteiger partial charge in [0.15, 0.2) is 0 Å². The highest BCUT2D eigenvalue weighted by Crippen LogP contribution is 2.22. The first-order valence-electron chi connectivity index (χ1n) is 11.0. The molecule has 0 unspecified atom stereocenters. The van der Waals surface area contributed by atoms with E-state index in [1.54, 1.807) is 31.5 Å². The molecule has 0 atom stereocenters. The Morgan fingerprint density at radius 3 is 2.31 bits per heavy atom. The van der Waals surface area contributed by atoms with Gasteiger partial charge in [-0.05, 0) is 44.7 Å². The zero-order chi connectivity index (χ0) is 23.1. The Bertz CT molecular complexity index is 1090. The molecule has 2 N–H and O–H groups in total. The van der Waals surface area contributed by atoms with Gasteiger partial charge in [0, 0.05) is 43.6 Å². The van der Waals surface area contributed by atoms with E-state index >= 15 is 0 Å². The topological polar surface area (TPSA) is 126 Å². The number of anilines is 3. The lowest BCUT2D eigenvalue weighted by atomic mass is 9.95. The Balaban J connectivity index is 1.34. The molecule has 10 heteroatoms. The number of nitrogens with zero attached hydrogens (tertiary/aromatic N) is 2. The van der Waals surface area contributed by atoms with Crippen molar-refractivity contribution in [2.24, 2.45) is 5.92 Å². The third-order valence-electron chi connectivity index (χ3n) is 5.91. The number of hydrogen-bond donors (Lipinski definition) is 2. The van der Waals surface area contributed by atoms with Crippen molar-refractivity contribution in [1.29, 1.82) is 0 Å². The van der Waals surface area contributed by atoms with E-state index in [1.807, 2.05) is 0 Å². The third kappa shape index (κ3) is 6.01. The molecule has 0 spiro atoms. The molecule has 1 aliphatic heterocycles. The molecule has 1 aromatic heterocycles. The van der Waals surface area contributed by atoms with Gasteiger partial charge in [-0.2, -0.15) is 0 Å². The first kappa shape index (κ1) is 24.1. The van der Waals surface area contributed by atoms with Gasteiger partial charge in [-0.1, -0.05) is 12.8 Å². The SMILES string of the molecule is CC(=O)C1CCN(S(=O)(=O)CCCCCCNc2c(Nc3ccncc3)c(=O)c2=O)CC1. The number of ketones is 1. The Morgan fingerprint density at radius 2 is 1.66 bits per heavy atom. The van der Waals surface area contributed by atoms with Gasteiger partial charge >= 0.3 is 0 Å². The monoisotopic (exact) mass is 462 g/mol. The number of Topliss-reactive ketones (excluding diaryl/α,β-unsaturated/α-hetero) is 1. The van der Waals surface area contributed by atoms with Gasteiger partial charge in [0.1, 0.15) is 17.2 Å². The fourth-order valence-corrected chi connectivity index (χ4v) is 5.50. The maximum Gasteiger partial charge on any atom is 0.253 e. The van der Waals surface area contributed by atoms with Crippen LogP contribution in [0.3, 0.4) is 0 Å². The molecule has 2 heterocycles. The summed E-state index contributed by atoms with van der Waals surface area (Å²) in [4.78, 5) is 39.0. The molecule has 174 valence electrons. The molecule has 0 radical (unpaired) electrons. The highest BCUT2D eigenvalue weighted by Gasteiger charge is 2.29. The summed E-state index contributed by atoms with van der Waals surface area (Å²) < 4.78 is 26.5. The minimum Gasteiger partial charge on any atom is -0.380 e. The number of sulfonamides is 1. The van der Waals surface area contributed by atoms with Crippen LogP contribution in [0.2, 0.25) is 0 Å². The molecule has 1 aliphatic rings. The van der Waals surface area contributed by atoms with Gasteiger partial charge in [-0.25, -0.2) is 12.7 Å². The first-order valence-corrected chi connectivity index (χ1v) is 12.6. The van der Waals surface area contributed by atoms with Crippen LogP contribution in [-0.4, -0.2) is 48.9 Å². The van der Waals surface area contributed by atoms with Gasteiger partial charge in [-0.3, -0.25) is 19.4 Å². The molecule has 1 saturated heterocycles. The van der Waals surface area contributed by atoms with Gasteiger partial charge in [0.05, 0.1) is 5.75 Å². The smallest absolute Gasteiger partial charge is 0.253 e. The minimum absolute atomic E-state index is 0.0117. The van der Waals surface area contributed by atoms with Crippen molar-refractivity contribution in [3.05, 3.63) is 45.0 Å². The summed E-state index contributed by atoms with van der Waals surface area (Å²) in [5.41, 5.74) is 0.175. The second-order valence-corrected chi connectivity index (χ2v) is 10.3. The van der Waals surface area contributed by atoms with E-state index in [9.17, 15) is 22.8 Å². The van der Waals surface area contributed by atoms with Crippen molar-refractivity contribution in [3.8, 4) is 0 Å². The summed E-state index contributed by atoms with van der Waals surface area (Å²) in [6.45, 7) is 2.95. The molecule has 2 aromatic rings. The van der Waals surface area contributed by atoms with Gasteiger partial charge in [-0.15, -0.1) is 0 Å². The fourth-order valence-electron chi connectivity index (χ4n) is 3.91. The lowest BCUT2D eigenvalue weighted by molar-refractivity contribution is -0.121. The molecule has 0 aliphatic carbocycles. The Hall–Kier alpha value is -2.59. The number of piperidine rings is 1. The summed E-state index contributed by atoms with van der Waals surface area (Å²) in [7, 11) is -3.28. The van der Waals surface area contributed by atoms with E-state index in [0.717, 1.165) is 19.3 Å². The highest BCUT2D eigenvalue weighted by molar-refractivity contribution is 7.89. The minimum atomic E-state index is -3.28. The molecule has 32 heavy (non-hydrogen) atoms. The number of unbranched alkanes of at least 4 members (excludes halogenated alkanes) is 3. The lowest BCUT2D eigenvalue weighted by Crippen LogP contribution is -2.41. The van der Waals surface area contributed by atoms with Crippen LogP contribution in [0.15, 0.2) is 34.1 Å². The number of hydrogen-bond acceptors (Lipinski definition) is 8. The van der Waals surface area contributed by atoms with Crippen molar-refractivity contribution < 1.29 is 13.2 Å². The summed E-state index contributed by atoms with van der Waals surface area (Å²) in [5.74, 6) is 0.241. The Morgan fingerprint density at radius 1 is 1.03 bits per heavy atom. The zero-order valence-corrected chi connectivity index (χ0v) is 19.1. The van der Waals surface area contributed by atoms with Crippen molar-refractivity contribution in [2.45, 2.75) is 45.4 Å². The van der Waals surface area contributed by atoms with Crippen molar-refractivity contribution >= 4 is 32.9 Å². The maximum atomic E-state index is 12.5. The van der Waals surface area contributed by atoms with Crippen molar-refractivity contribution in [3.63, 3.8) is 0 Å². The predicted molar refractivity (Wildman–Crippen MR) is 125 cm³/mol. The normalized spacial score (nSPS) is 15.7. The highest BCUT2D eigenvalue weighted by atomic mass is 32.2. The quantitative estimate of drug-likeness (QED) is 0.362. The molecule has 0 amide bonds. The number of nitrogens with one attached hydrogen (secondary N) is 2. The number of carbonyl (C=O) groups is 1. The van der Waals surface area contributed by atoms with E-state index < -0.39 is 20.9 Å². The van der Waals surface area contributed by atoms with E-state index in [-0.39, 0.29) is 23.1 Å². The lowest BCUT2D eigenvalue weighted by Gasteiger charge is -2.30. The van der Waals surface area contributed by atoms with Crippen LogP contribution in [0.25, 0.3) is 0 Å². The zero-order valence-electron chi connectivity index (χ0n) is 18.3. The van der Waals surface area contributed by atoms with Crippen LogP contribution in [-0.2, 0) is 14.8 Å². The predicted octanol–water partition coefficient (Wildman–Crippen LogP) is 2.02. The number of aromatic nitrogens is 1. The molecule has 0 saturated carbocycles. The van der Waals surface area contributed by atoms with E-state index in [4.69, 9.17) is 0 Å². The molecule has 9 nitrogen and oxygen atoms in total. The standard InChI is InChI=1S/C22H30N4O5S/c1-16(27)17-8-13-26(14-9-17)32(30,31)15-5-3-2-4-10-24-19-20(22(29)21(19)28)25-18-6-11-23-12-7-18/h6-7,11-12,17,24H,2-5,8-10,13-15H2,1H3,(H,23,25). The number of pyridine rings is 1. The fraction of sp³-hybridized carbons (Fsp3) is 0.545. The van der Waals surface area contributed by atoms with Crippen LogP contribution in [0.1, 0.15) is 45.4 Å². The summed E-state index contributed by atoms with van der Waals surface area (Å²) in [6.07, 6.45) is 7.31. The van der Waals surface area contributed by atoms with E-state index in [1.165, 1.54) is 4.31 Å². The third-order valence-corrected chi connectivity index (χ3v) is 7.87. The summed E-state index contributed by atoms with van der Waals surface area (Å²) >= 11 is 0. The van der Waals surface area contributed by atoms with E-state index in [0.29, 0.717) is 50.3 Å². The first-order chi connectivity index (χ1) is 15.3. The number of carbonyl (C=O) groups excluding carboxylic acids is 1. The summed E-state index contributed by atoms with van der Waals surface area (Å²) in [5, 5.41) is 5.96. The Kier molecular flexibility index (Phi) is 8.14. The van der Waals surface area contributed by atoms with Crippen molar-refractivity contribution in [2.75, 3.05) is 36.0 Å². The van der Waals surface area contributed by atoms with Gasteiger partial charge in [0.2, 0.25) is 10.0 Å². The molecular weight excluding hydrogens is 432 g/mol. The molecule has 1 aromatic carbocycles. The Labute approximate surface area is 188 Å².